The Morgan fingerprint density at radius 2 is 2.06 bits per heavy atom. The monoisotopic (exact) mass is 247 g/mol. The number of nitrogens with zero attached hydrogens (tertiary/aromatic N) is 4. The highest BCUT2D eigenvalue weighted by atomic mass is 35.5. The van der Waals surface area contributed by atoms with E-state index in [-0.39, 0.29) is 0 Å². The highest BCUT2D eigenvalue weighted by molar-refractivity contribution is 6.29. The van der Waals surface area contributed by atoms with E-state index < -0.39 is 0 Å². The molecule has 0 fully saturated rings. The number of pyridine rings is 1. The van der Waals surface area contributed by atoms with Gasteiger partial charge in [0.15, 0.2) is 5.65 Å². The van der Waals surface area contributed by atoms with E-state index >= 15 is 0 Å². The zero-order chi connectivity index (χ0) is 11.7. The van der Waals surface area contributed by atoms with Crippen LogP contribution in [0.4, 0.5) is 0 Å². The van der Waals surface area contributed by atoms with Gasteiger partial charge in [-0.1, -0.05) is 11.6 Å². The Labute approximate surface area is 101 Å². The second-order valence-electron chi connectivity index (χ2n) is 3.23. The summed E-state index contributed by atoms with van der Waals surface area (Å²) in [5.41, 5.74) is 0.622. The summed E-state index contributed by atoms with van der Waals surface area (Å²) >= 11 is 5.68. The van der Waals surface area contributed by atoms with Crippen LogP contribution in [-0.2, 0) is 0 Å². The smallest absolute Gasteiger partial charge is 0.233 e. The van der Waals surface area contributed by atoms with E-state index in [1.165, 1.54) is 12.5 Å². The Hall–Kier alpha value is -2.21. The average molecular weight is 248 g/mol. The largest absolute Gasteiger partial charge is 0.436 e. The van der Waals surface area contributed by atoms with E-state index in [9.17, 15) is 0 Å². The second-order valence-corrected chi connectivity index (χ2v) is 3.62. The molecule has 0 aliphatic carbocycles. The summed E-state index contributed by atoms with van der Waals surface area (Å²) in [6.45, 7) is 0. The molecule has 3 rings (SSSR count). The van der Waals surface area contributed by atoms with Crippen molar-refractivity contribution in [3.05, 3.63) is 36.0 Å². The molecule has 6 nitrogen and oxygen atoms in total. The molecule has 7 heteroatoms. The molecule has 0 radical (unpaired) electrons. The molecule has 0 amide bonds. The standard InChI is InChI=1S/C10H6ClN5O/c11-8-2-1-6(3-12-8)17-10-7-4-15-16-9(7)13-5-14-10/h1-5H,(H,13,14,15,16). The van der Waals surface area contributed by atoms with Crippen LogP contribution in [0.3, 0.4) is 0 Å². The Bertz CT molecular complexity index is 651. The van der Waals surface area contributed by atoms with E-state index in [1.807, 2.05) is 0 Å². The van der Waals surface area contributed by atoms with E-state index in [1.54, 1.807) is 18.3 Å². The summed E-state index contributed by atoms with van der Waals surface area (Å²) in [5.74, 6) is 0.975. The van der Waals surface area contributed by atoms with Crippen molar-refractivity contribution in [2.45, 2.75) is 0 Å². The topological polar surface area (TPSA) is 76.6 Å². The van der Waals surface area contributed by atoms with Crippen molar-refractivity contribution in [3.8, 4) is 11.6 Å². The summed E-state index contributed by atoms with van der Waals surface area (Å²) in [4.78, 5) is 12.0. The fourth-order valence-electron chi connectivity index (χ4n) is 1.36. The van der Waals surface area contributed by atoms with Gasteiger partial charge in [-0.3, -0.25) is 5.10 Å². The van der Waals surface area contributed by atoms with Crippen molar-refractivity contribution in [2.24, 2.45) is 0 Å². The highest BCUT2D eigenvalue weighted by Gasteiger charge is 2.07. The summed E-state index contributed by atoms with van der Waals surface area (Å²) in [6, 6.07) is 3.36. The van der Waals surface area contributed by atoms with Crippen molar-refractivity contribution in [1.29, 1.82) is 0 Å². The zero-order valence-corrected chi connectivity index (χ0v) is 9.22. The van der Waals surface area contributed by atoms with Gasteiger partial charge < -0.3 is 4.74 Å². The van der Waals surface area contributed by atoms with Gasteiger partial charge in [0.2, 0.25) is 5.88 Å². The van der Waals surface area contributed by atoms with E-state index in [0.717, 1.165) is 0 Å². The van der Waals surface area contributed by atoms with Crippen LogP contribution in [0.25, 0.3) is 11.0 Å². The Kier molecular flexibility index (Phi) is 2.34. The number of hydrogen-bond acceptors (Lipinski definition) is 5. The SMILES string of the molecule is Clc1ccc(Oc2ncnc3[nH]ncc23)cn1. The van der Waals surface area contributed by atoms with E-state index in [4.69, 9.17) is 16.3 Å². The molecule has 0 saturated carbocycles. The third-order valence-corrected chi connectivity index (χ3v) is 2.35. The summed E-state index contributed by atoms with van der Waals surface area (Å²) in [7, 11) is 0. The quantitative estimate of drug-likeness (QED) is 0.703. The first kappa shape index (κ1) is 9.98. The van der Waals surface area contributed by atoms with Crippen molar-refractivity contribution < 1.29 is 4.74 Å². The summed E-state index contributed by atoms with van der Waals surface area (Å²) in [6.07, 6.45) is 4.53. The number of ether oxygens (including phenoxy) is 1. The van der Waals surface area contributed by atoms with Gasteiger partial charge in [0, 0.05) is 0 Å². The van der Waals surface area contributed by atoms with Gasteiger partial charge in [0.25, 0.3) is 0 Å². The maximum absolute atomic E-state index is 5.68. The lowest BCUT2D eigenvalue weighted by Gasteiger charge is -2.03. The number of fused-ring (bicyclic) bond motifs is 1. The lowest BCUT2D eigenvalue weighted by molar-refractivity contribution is 0.466. The minimum Gasteiger partial charge on any atom is -0.436 e. The van der Waals surface area contributed by atoms with Crippen LogP contribution in [0.15, 0.2) is 30.9 Å². The van der Waals surface area contributed by atoms with Crippen molar-refractivity contribution in [3.63, 3.8) is 0 Å². The molecule has 0 aromatic carbocycles. The van der Waals surface area contributed by atoms with Gasteiger partial charge in [0.1, 0.15) is 22.6 Å². The molecule has 0 spiro atoms. The number of halogens is 1. The Morgan fingerprint density at radius 3 is 2.88 bits per heavy atom. The molecule has 17 heavy (non-hydrogen) atoms. The molecule has 3 aromatic heterocycles. The lowest BCUT2D eigenvalue weighted by Crippen LogP contribution is -1.90. The molecule has 0 unspecified atom stereocenters. The summed E-state index contributed by atoms with van der Waals surface area (Å²) < 4.78 is 5.57. The molecule has 0 aliphatic rings. The third-order valence-electron chi connectivity index (χ3n) is 2.13. The van der Waals surface area contributed by atoms with Gasteiger partial charge >= 0.3 is 0 Å². The average Bonchev–Trinajstić information content (AvgIpc) is 2.81. The van der Waals surface area contributed by atoms with Crippen molar-refractivity contribution in [1.82, 2.24) is 25.1 Å². The molecule has 0 bridgehead atoms. The fourth-order valence-corrected chi connectivity index (χ4v) is 1.47. The Morgan fingerprint density at radius 1 is 1.12 bits per heavy atom. The van der Waals surface area contributed by atoms with Crippen LogP contribution in [0.2, 0.25) is 5.15 Å². The van der Waals surface area contributed by atoms with Gasteiger partial charge in [-0.25, -0.2) is 15.0 Å². The van der Waals surface area contributed by atoms with Crippen LogP contribution >= 0.6 is 11.6 Å². The predicted molar refractivity (Wildman–Crippen MR) is 61.0 cm³/mol. The van der Waals surface area contributed by atoms with Gasteiger partial charge in [0.05, 0.1) is 12.4 Å². The number of H-pyrrole nitrogens is 1. The molecule has 84 valence electrons. The minimum absolute atomic E-state index is 0.411. The van der Waals surface area contributed by atoms with Gasteiger partial charge in [-0.15, -0.1) is 0 Å². The molecule has 0 atom stereocenters. The first-order valence-electron chi connectivity index (χ1n) is 4.76. The first-order chi connectivity index (χ1) is 8.33. The van der Waals surface area contributed by atoms with Gasteiger partial charge in [-0.05, 0) is 12.1 Å². The second kappa shape index (κ2) is 3.99. The van der Waals surface area contributed by atoms with E-state index in [0.29, 0.717) is 27.8 Å². The van der Waals surface area contributed by atoms with Crippen LogP contribution in [-0.4, -0.2) is 25.1 Å². The normalized spacial score (nSPS) is 10.6. The van der Waals surface area contributed by atoms with Gasteiger partial charge in [-0.2, -0.15) is 5.10 Å². The minimum atomic E-state index is 0.411. The maximum Gasteiger partial charge on any atom is 0.233 e. The van der Waals surface area contributed by atoms with E-state index in [2.05, 4.69) is 25.1 Å². The molecule has 3 heterocycles. The molecule has 0 saturated heterocycles. The number of aromatic amines is 1. The maximum atomic E-state index is 5.68. The number of hydrogen-bond donors (Lipinski definition) is 1. The molecule has 0 aliphatic heterocycles. The number of rotatable bonds is 2. The van der Waals surface area contributed by atoms with Crippen LogP contribution < -0.4 is 4.74 Å². The predicted octanol–water partition coefficient (Wildman–Crippen LogP) is 2.19. The molecular formula is C10H6ClN5O. The number of nitrogens with one attached hydrogen (secondary N) is 1. The summed E-state index contributed by atoms with van der Waals surface area (Å²) in [5, 5.41) is 7.73. The fraction of sp³-hybridized carbons (Fsp3) is 0. The highest BCUT2D eigenvalue weighted by Crippen LogP contribution is 2.25. The van der Waals surface area contributed by atoms with Crippen LogP contribution in [0, 0.1) is 0 Å². The Balaban J connectivity index is 1.99. The van der Waals surface area contributed by atoms with Crippen LogP contribution in [0.5, 0.6) is 11.6 Å². The van der Waals surface area contributed by atoms with Crippen LogP contribution in [0.1, 0.15) is 0 Å². The lowest BCUT2D eigenvalue weighted by atomic mass is 10.4. The zero-order valence-electron chi connectivity index (χ0n) is 8.46. The first-order valence-corrected chi connectivity index (χ1v) is 5.14. The molecule has 1 N–H and O–H groups in total. The molecule has 3 aromatic rings. The van der Waals surface area contributed by atoms with Crippen molar-refractivity contribution >= 4 is 22.6 Å². The number of aromatic nitrogens is 5. The van der Waals surface area contributed by atoms with Crippen molar-refractivity contribution in [2.75, 3.05) is 0 Å². The molecular weight excluding hydrogens is 242 g/mol. The third kappa shape index (κ3) is 1.90.